The van der Waals surface area contributed by atoms with E-state index in [0.717, 1.165) is 11.3 Å². The van der Waals surface area contributed by atoms with E-state index in [2.05, 4.69) is 0 Å². The molecule has 1 aromatic carbocycles. The van der Waals surface area contributed by atoms with Crippen LogP contribution in [-0.4, -0.2) is 23.5 Å². The molecular weight excluding hydrogens is 232 g/mol. The van der Waals surface area contributed by atoms with E-state index in [0.29, 0.717) is 25.1 Å². The van der Waals surface area contributed by atoms with Crippen LogP contribution < -0.4 is 10.6 Å². The largest absolute Gasteiger partial charge is 0.481 e. The molecule has 2 aliphatic rings. The van der Waals surface area contributed by atoms with Gasteiger partial charge < -0.3 is 15.7 Å². The molecule has 0 bridgehead atoms. The van der Waals surface area contributed by atoms with Gasteiger partial charge in [0, 0.05) is 17.9 Å². The summed E-state index contributed by atoms with van der Waals surface area (Å²) in [5.41, 5.74) is 8.16. The van der Waals surface area contributed by atoms with E-state index in [1.165, 1.54) is 0 Å². The molecule has 3 N–H and O–H groups in total. The van der Waals surface area contributed by atoms with E-state index in [-0.39, 0.29) is 17.7 Å². The highest BCUT2D eigenvalue weighted by Gasteiger charge is 2.45. The highest BCUT2D eigenvalue weighted by Crippen LogP contribution is 2.41. The second kappa shape index (κ2) is 3.73. The van der Waals surface area contributed by atoms with Crippen LogP contribution in [0.1, 0.15) is 12.0 Å². The van der Waals surface area contributed by atoms with Crippen LogP contribution in [0.2, 0.25) is 0 Å². The summed E-state index contributed by atoms with van der Waals surface area (Å²) in [5.74, 6) is -0.915. The number of carboxylic acid groups (broad SMARTS) is 1. The van der Waals surface area contributed by atoms with E-state index < -0.39 is 5.97 Å². The van der Waals surface area contributed by atoms with Gasteiger partial charge in [0.05, 0.1) is 12.3 Å². The van der Waals surface area contributed by atoms with Gasteiger partial charge in [0.1, 0.15) is 0 Å². The number of carbonyl (C=O) groups excluding carboxylic acids is 1. The Balaban J connectivity index is 1.78. The molecule has 94 valence electrons. The summed E-state index contributed by atoms with van der Waals surface area (Å²) in [6.07, 6.45) is 1.04. The molecule has 1 aliphatic carbocycles. The zero-order valence-corrected chi connectivity index (χ0v) is 9.80. The van der Waals surface area contributed by atoms with Crippen molar-refractivity contribution in [1.29, 1.82) is 0 Å². The Morgan fingerprint density at radius 3 is 2.94 bits per heavy atom. The summed E-state index contributed by atoms with van der Waals surface area (Å²) in [4.78, 5) is 24.4. The van der Waals surface area contributed by atoms with Crippen LogP contribution in [0.5, 0.6) is 0 Å². The first-order valence-corrected chi connectivity index (χ1v) is 5.98. The van der Waals surface area contributed by atoms with Crippen LogP contribution in [-0.2, 0) is 16.0 Å². The Kier molecular flexibility index (Phi) is 2.29. The van der Waals surface area contributed by atoms with Crippen molar-refractivity contribution in [2.24, 2.45) is 11.8 Å². The first-order valence-electron chi connectivity index (χ1n) is 5.98. The van der Waals surface area contributed by atoms with Crippen molar-refractivity contribution in [2.75, 3.05) is 17.2 Å². The number of nitrogens with zero attached hydrogens (tertiary/aromatic N) is 1. The number of aliphatic carboxylic acids is 1. The van der Waals surface area contributed by atoms with Crippen molar-refractivity contribution < 1.29 is 14.7 Å². The average Bonchev–Trinajstić information content (AvgIpc) is 3.00. The van der Waals surface area contributed by atoms with Crippen molar-refractivity contribution in [3.63, 3.8) is 0 Å². The van der Waals surface area contributed by atoms with Gasteiger partial charge in [-0.05, 0) is 36.1 Å². The fraction of sp³-hybridized carbons (Fsp3) is 0.385. The lowest BCUT2D eigenvalue weighted by molar-refractivity contribution is -0.138. The minimum atomic E-state index is -0.760. The van der Waals surface area contributed by atoms with E-state index >= 15 is 0 Å². The normalized spacial score (nSPS) is 25.1. The molecule has 0 saturated heterocycles. The third kappa shape index (κ3) is 1.72. The highest BCUT2D eigenvalue weighted by atomic mass is 16.4. The summed E-state index contributed by atoms with van der Waals surface area (Å²) in [6.45, 7) is 0.507. The van der Waals surface area contributed by atoms with Crippen LogP contribution in [0.3, 0.4) is 0 Å². The van der Waals surface area contributed by atoms with Crippen molar-refractivity contribution in [3.05, 3.63) is 23.8 Å². The monoisotopic (exact) mass is 246 g/mol. The molecule has 18 heavy (non-hydrogen) atoms. The summed E-state index contributed by atoms with van der Waals surface area (Å²) in [6, 6.07) is 5.43. The second-order valence-electron chi connectivity index (χ2n) is 5.01. The third-order valence-electron chi connectivity index (χ3n) is 3.69. The summed E-state index contributed by atoms with van der Waals surface area (Å²) in [5, 5.41) is 8.88. The number of nitrogen functional groups attached to an aromatic ring is 1. The highest BCUT2D eigenvalue weighted by molar-refractivity contribution is 6.01. The average molecular weight is 246 g/mol. The number of fused-ring (bicyclic) bond motifs is 1. The van der Waals surface area contributed by atoms with Crippen molar-refractivity contribution in [1.82, 2.24) is 0 Å². The van der Waals surface area contributed by atoms with E-state index in [1.807, 2.05) is 12.1 Å². The molecule has 1 heterocycles. The molecular formula is C13H14N2O3. The van der Waals surface area contributed by atoms with Gasteiger partial charge >= 0.3 is 5.97 Å². The maximum absolute atomic E-state index is 11.9. The summed E-state index contributed by atoms with van der Waals surface area (Å²) < 4.78 is 0. The van der Waals surface area contributed by atoms with Gasteiger partial charge in [0.2, 0.25) is 5.91 Å². The molecule has 0 radical (unpaired) electrons. The quantitative estimate of drug-likeness (QED) is 0.775. The number of hydrogen-bond donors (Lipinski definition) is 2. The first kappa shape index (κ1) is 11.1. The Bertz CT molecular complexity index is 541. The van der Waals surface area contributed by atoms with Crippen LogP contribution in [0.25, 0.3) is 0 Å². The lowest BCUT2D eigenvalue weighted by atomic mass is 10.1. The van der Waals surface area contributed by atoms with Crippen molar-refractivity contribution in [2.45, 2.75) is 12.8 Å². The SMILES string of the molecule is Nc1ccc2c(c1)CC(=O)N2CC1CC1C(=O)O. The third-order valence-corrected chi connectivity index (χ3v) is 3.69. The molecule has 1 aromatic rings. The van der Waals surface area contributed by atoms with Gasteiger partial charge in [0.25, 0.3) is 0 Å². The molecule has 3 rings (SSSR count). The van der Waals surface area contributed by atoms with E-state index in [1.54, 1.807) is 11.0 Å². The number of amides is 1. The molecule has 5 nitrogen and oxygen atoms in total. The number of carbonyl (C=O) groups is 2. The predicted molar refractivity (Wildman–Crippen MR) is 66.1 cm³/mol. The number of hydrogen-bond acceptors (Lipinski definition) is 3. The molecule has 0 aromatic heterocycles. The van der Waals surface area contributed by atoms with Crippen molar-refractivity contribution in [3.8, 4) is 0 Å². The van der Waals surface area contributed by atoms with Gasteiger partial charge in [-0.15, -0.1) is 0 Å². The van der Waals surface area contributed by atoms with Crippen LogP contribution in [0.4, 0.5) is 11.4 Å². The summed E-state index contributed by atoms with van der Waals surface area (Å²) >= 11 is 0. The summed E-state index contributed by atoms with van der Waals surface area (Å²) in [7, 11) is 0. The molecule has 2 unspecified atom stereocenters. The maximum Gasteiger partial charge on any atom is 0.306 e. The number of anilines is 2. The van der Waals surface area contributed by atoms with Crippen LogP contribution >= 0.6 is 0 Å². The smallest absolute Gasteiger partial charge is 0.306 e. The maximum atomic E-state index is 11.9. The van der Waals surface area contributed by atoms with Crippen LogP contribution in [0, 0.1) is 11.8 Å². The number of nitrogens with two attached hydrogens (primary N) is 1. The van der Waals surface area contributed by atoms with Gasteiger partial charge in [0.15, 0.2) is 0 Å². The Morgan fingerprint density at radius 1 is 1.50 bits per heavy atom. The molecule has 0 spiro atoms. The Morgan fingerprint density at radius 2 is 2.28 bits per heavy atom. The Hall–Kier alpha value is -2.04. The van der Waals surface area contributed by atoms with Gasteiger partial charge in [-0.3, -0.25) is 9.59 Å². The van der Waals surface area contributed by atoms with E-state index in [9.17, 15) is 9.59 Å². The zero-order chi connectivity index (χ0) is 12.9. The van der Waals surface area contributed by atoms with Crippen molar-refractivity contribution >= 4 is 23.3 Å². The number of benzene rings is 1. The Labute approximate surface area is 104 Å². The molecule has 2 atom stereocenters. The molecule has 1 aliphatic heterocycles. The van der Waals surface area contributed by atoms with Gasteiger partial charge in [-0.2, -0.15) is 0 Å². The number of rotatable bonds is 3. The predicted octanol–water partition coefficient (Wildman–Crippen LogP) is 0.879. The lowest BCUT2D eigenvalue weighted by Gasteiger charge is -2.17. The van der Waals surface area contributed by atoms with E-state index in [4.69, 9.17) is 10.8 Å². The first-order chi connectivity index (χ1) is 8.56. The fourth-order valence-electron chi connectivity index (χ4n) is 2.59. The minimum Gasteiger partial charge on any atom is -0.481 e. The molecule has 1 saturated carbocycles. The number of carboxylic acids is 1. The molecule has 5 heteroatoms. The van der Waals surface area contributed by atoms with Gasteiger partial charge in [-0.25, -0.2) is 0 Å². The molecule has 1 amide bonds. The van der Waals surface area contributed by atoms with Gasteiger partial charge in [-0.1, -0.05) is 0 Å². The molecule has 1 fully saturated rings. The second-order valence-corrected chi connectivity index (χ2v) is 5.01. The van der Waals surface area contributed by atoms with Crippen LogP contribution in [0.15, 0.2) is 18.2 Å². The standard InChI is InChI=1S/C13H14N2O3/c14-9-1-2-11-7(3-9)5-12(16)15(11)6-8-4-10(8)13(17)18/h1-3,8,10H,4-6,14H2,(H,17,18). The topological polar surface area (TPSA) is 83.6 Å². The fourth-order valence-corrected chi connectivity index (χ4v) is 2.59. The minimum absolute atomic E-state index is 0.0339. The lowest BCUT2D eigenvalue weighted by Crippen LogP contribution is -2.29. The zero-order valence-electron chi connectivity index (χ0n) is 9.80.